The lowest BCUT2D eigenvalue weighted by Gasteiger charge is -2.16. The zero-order valence-electron chi connectivity index (χ0n) is 13.2. The largest absolute Gasteiger partial charge is 0.362 e. The van der Waals surface area contributed by atoms with Crippen LogP contribution in [0.5, 0.6) is 0 Å². The molecule has 0 spiro atoms. The van der Waals surface area contributed by atoms with E-state index in [4.69, 9.17) is 4.52 Å². The first kappa shape index (κ1) is 15.0. The van der Waals surface area contributed by atoms with Gasteiger partial charge >= 0.3 is 0 Å². The van der Waals surface area contributed by atoms with E-state index in [2.05, 4.69) is 20.4 Å². The van der Waals surface area contributed by atoms with E-state index in [0.29, 0.717) is 23.5 Å². The minimum absolute atomic E-state index is 0.200. The fraction of sp³-hybridized carbons (Fsp3) is 0.250. The van der Waals surface area contributed by atoms with Crippen molar-refractivity contribution in [3.63, 3.8) is 0 Å². The highest BCUT2D eigenvalue weighted by atomic mass is 16.5. The summed E-state index contributed by atoms with van der Waals surface area (Å²) in [5.41, 5.74) is 2.56. The first-order chi connectivity index (χ1) is 11.1. The van der Waals surface area contributed by atoms with Gasteiger partial charge in [-0.1, -0.05) is 11.2 Å². The van der Waals surface area contributed by atoms with Gasteiger partial charge in [0.1, 0.15) is 5.82 Å². The molecule has 3 aromatic heterocycles. The Hall–Kier alpha value is -2.96. The number of fused-ring (bicyclic) bond motifs is 1. The number of nitrogens with zero attached hydrogens (tertiary/aromatic N) is 4. The number of aromatic nitrogens is 3. The molecule has 0 unspecified atom stereocenters. The summed E-state index contributed by atoms with van der Waals surface area (Å²) in [6.07, 6.45) is 3.21. The van der Waals surface area contributed by atoms with Gasteiger partial charge in [-0.2, -0.15) is 0 Å². The van der Waals surface area contributed by atoms with Crippen molar-refractivity contribution in [1.82, 2.24) is 20.4 Å². The number of nitrogens with one attached hydrogen (secondary N) is 1. The van der Waals surface area contributed by atoms with Crippen LogP contribution in [0.2, 0.25) is 0 Å². The molecule has 0 atom stereocenters. The highest BCUT2D eigenvalue weighted by Crippen LogP contribution is 2.17. The average Bonchev–Trinajstić information content (AvgIpc) is 2.93. The highest BCUT2D eigenvalue weighted by molar-refractivity contribution is 5.96. The number of hydrogen-bond donors (Lipinski definition) is 1. The Morgan fingerprint density at radius 2 is 2.17 bits per heavy atom. The Morgan fingerprint density at radius 1 is 1.35 bits per heavy atom. The Balaban J connectivity index is 1.77. The fourth-order valence-corrected chi connectivity index (χ4v) is 2.32. The predicted octanol–water partition coefficient (Wildman–Crippen LogP) is 1.92. The van der Waals surface area contributed by atoms with Crippen LogP contribution in [-0.2, 0) is 6.54 Å². The van der Waals surface area contributed by atoms with Crippen molar-refractivity contribution in [2.75, 3.05) is 19.0 Å². The number of anilines is 1. The van der Waals surface area contributed by atoms with Crippen LogP contribution >= 0.6 is 0 Å². The van der Waals surface area contributed by atoms with Crippen LogP contribution in [0, 0.1) is 6.92 Å². The SMILES string of the molecule is Cc1noc2ncc(C(=O)NCc3cccnc3N(C)C)cc12. The third-order valence-corrected chi connectivity index (χ3v) is 3.50. The lowest BCUT2D eigenvalue weighted by Crippen LogP contribution is -2.24. The average molecular weight is 311 g/mol. The van der Waals surface area contributed by atoms with Crippen LogP contribution in [0.25, 0.3) is 11.1 Å². The number of carbonyl (C=O) groups excluding carboxylic acids is 1. The van der Waals surface area contributed by atoms with E-state index in [1.165, 1.54) is 6.20 Å². The summed E-state index contributed by atoms with van der Waals surface area (Å²) in [5.74, 6) is 0.629. The van der Waals surface area contributed by atoms with Gasteiger partial charge in [0, 0.05) is 38.6 Å². The van der Waals surface area contributed by atoms with Crippen molar-refractivity contribution in [3.05, 3.63) is 47.4 Å². The summed E-state index contributed by atoms with van der Waals surface area (Å²) >= 11 is 0. The Morgan fingerprint density at radius 3 is 2.96 bits per heavy atom. The van der Waals surface area contributed by atoms with Crippen LogP contribution in [0.4, 0.5) is 5.82 Å². The smallest absolute Gasteiger partial charge is 0.257 e. The summed E-state index contributed by atoms with van der Waals surface area (Å²) in [4.78, 5) is 22.7. The predicted molar refractivity (Wildman–Crippen MR) is 86.3 cm³/mol. The van der Waals surface area contributed by atoms with E-state index >= 15 is 0 Å². The van der Waals surface area contributed by atoms with Crippen molar-refractivity contribution >= 4 is 22.8 Å². The number of pyridine rings is 2. The van der Waals surface area contributed by atoms with E-state index in [0.717, 1.165) is 16.8 Å². The maximum absolute atomic E-state index is 12.3. The molecule has 3 aromatic rings. The molecule has 0 aromatic carbocycles. The molecule has 0 aliphatic carbocycles. The third kappa shape index (κ3) is 2.98. The van der Waals surface area contributed by atoms with Crippen LogP contribution in [-0.4, -0.2) is 35.1 Å². The monoisotopic (exact) mass is 311 g/mol. The van der Waals surface area contributed by atoms with Crippen molar-refractivity contribution in [3.8, 4) is 0 Å². The van der Waals surface area contributed by atoms with Crippen molar-refractivity contribution < 1.29 is 9.32 Å². The van der Waals surface area contributed by atoms with Crippen LogP contribution in [0.15, 0.2) is 35.1 Å². The molecule has 3 rings (SSSR count). The van der Waals surface area contributed by atoms with Gasteiger partial charge in [-0.15, -0.1) is 0 Å². The Labute approximate surface area is 133 Å². The quantitative estimate of drug-likeness (QED) is 0.792. The second-order valence-corrected chi connectivity index (χ2v) is 5.41. The van der Waals surface area contributed by atoms with E-state index in [-0.39, 0.29) is 5.91 Å². The van der Waals surface area contributed by atoms with Gasteiger partial charge in [0.2, 0.25) is 0 Å². The van der Waals surface area contributed by atoms with Crippen LogP contribution < -0.4 is 10.2 Å². The topological polar surface area (TPSA) is 84.1 Å². The minimum Gasteiger partial charge on any atom is -0.362 e. The van der Waals surface area contributed by atoms with Crippen molar-refractivity contribution in [1.29, 1.82) is 0 Å². The maximum Gasteiger partial charge on any atom is 0.257 e. The normalized spacial score (nSPS) is 10.7. The molecule has 1 N–H and O–H groups in total. The number of carbonyl (C=O) groups is 1. The van der Waals surface area contributed by atoms with Gasteiger partial charge in [0.25, 0.3) is 11.6 Å². The van der Waals surface area contributed by atoms with Gasteiger partial charge in [0.15, 0.2) is 0 Å². The zero-order valence-corrected chi connectivity index (χ0v) is 13.2. The molecule has 0 radical (unpaired) electrons. The van der Waals surface area contributed by atoms with Crippen LogP contribution in [0.1, 0.15) is 21.6 Å². The molecule has 3 heterocycles. The Kier molecular flexibility index (Phi) is 3.92. The molecule has 0 aliphatic heterocycles. The van der Waals surface area contributed by atoms with Gasteiger partial charge in [0.05, 0.1) is 16.6 Å². The van der Waals surface area contributed by atoms with Gasteiger partial charge in [-0.25, -0.2) is 9.97 Å². The van der Waals surface area contributed by atoms with E-state index in [1.54, 1.807) is 12.3 Å². The molecular formula is C16H17N5O2. The molecule has 0 saturated heterocycles. The fourth-order valence-electron chi connectivity index (χ4n) is 2.32. The molecule has 118 valence electrons. The molecule has 0 aliphatic rings. The van der Waals surface area contributed by atoms with Gasteiger partial charge in [-0.05, 0) is 19.1 Å². The molecule has 23 heavy (non-hydrogen) atoms. The number of amides is 1. The highest BCUT2D eigenvalue weighted by Gasteiger charge is 2.12. The second kappa shape index (κ2) is 6.04. The standard InChI is InChI=1S/C16H17N5O2/c1-10-13-7-12(9-19-16(13)23-20-10)15(22)18-8-11-5-4-6-17-14(11)21(2)3/h4-7,9H,8H2,1-3H3,(H,18,22). The van der Waals surface area contributed by atoms with Crippen LogP contribution in [0.3, 0.4) is 0 Å². The summed E-state index contributed by atoms with van der Waals surface area (Å²) in [7, 11) is 3.83. The van der Waals surface area contributed by atoms with E-state index < -0.39 is 0 Å². The molecule has 7 nitrogen and oxygen atoms in total. The van der Waals surface area contributed by atoms with E-state index in [1.807, 2.05) is 38.1 Å². The molecular weight excluding hydrogens is 294 g/mol. The lowest BCUT2D eigenvalue weighted by molar-refractivity contribution is 0.0950. The maximum atomic E-state index is 12.3. The molecule has 7 heteroatoms. The minimum atomic E-state index is -0.200. The van der Waals surface area contributed by atoms with E-state index in [9.17, 15) is 4.79 Å². The molecule has 0 fully saturated rings. The summed E-state index contributed by atoms with van der Waals surface area (Å²) in [6.45, 7) is 2.20. The lowest BCUT2D eigenvalue weighted by atomic mass is 10.2. The zero-order chi connectivity index (χ0) is 16.4. The number of hydrogen-bond acceptors (Lipinski definition) is 6. The third-order valence-electron chi connectivity index (χ3n) is 3.50. The van der Waals surface area contributed by atoms with Crippen molar-refractivity contribution in [2.24, 2.45) is 0 Å². The summed E-state index contributed by atoms with van der Waals surface area (Å²) in [6, 6.07) is 5.52. The summed E-state index contributed by atoms with van der Waals surface area (Å²) in [5, 5.41) is 7.47. The number of rotatable bonds is 4. The first-order valence-corrected chi connectivity index (χ1v) is 7.17. The van der Waals surface area contributed by atoms with Gasteiger partial charge < -0.3 is 14.7 Å². The van der Waals surface area contributed by atoms with Gasteiger partial charge in [-0.3, -0.25) is 4.79 Å². The Bertz CT molecular complexity index is 857. The number of aryl methyl sites for hydroxylation is 1. The second-order valence-electron chi connectivity index (χ2n) is 5.41. The molecule has 0 bridgehead atoms. The molecule has 1 amide bonds. The van der Waals surface area contributed by atoms with Crippen molar-refractivity contribution in [2.45, 2.75) is 13.5 Å². The summed E-state index contributed by atoms with van der Waals surface area (Å²) < 4.78 is 5.05. The molecule has 0 saturated carbocycles. The first-order valence-electron chi connectivity index (χ1n) is 7.17.